The number of hydrogen-bond acceptors (Lipinski definition) is 4. The summed E-state index contributed by atoms with van der Waals surface area (Å²) in [6.45, 7) is 3.13. The highest BCUT2D eigenvalue weighted by molar-refractivity contribution is 7.99. The van der Waals surface area contributed by atoms with Crippen LogP contribution in [0.5, 0.6) is 0 Å². The first-order valence-electron chi connectivity index (χ1n) is 5.01. The second kappa shape index (κ2) is 6.30. The molecule has 1 fully saturated rings. The van der Waals surface area contributed by atoms with Crippen molar-refractivity contribution in [3.8, 4) is 0 Å². The van der Waals surface area contributed by atoms with E-state index in [4.69, 9.17) is 0 Å². The molecule has 0 aliphatic carbocycles. The largest absolute Gasteiger partial charge is 0.313 e. The minimum atomic E-state index is 0. The highest BCUT2D eigenvalue weighted by Gasteiger charge is 2.14. The van der Waals surface area contributed by atoms with E-state index in [9.17, 15) is 0 Å². The van der Waals surface area contributed by atoms with Crippen LogP contribution in [0.2, 0.25) is 0 Å². The second-order valence-electron chi connectivity index (χ2n) is 3.62. The first-order valence-corrected chi connectivity index (χ1v) is 6.00. The molecule has 1 aliphatic heterocycles. The van der Waals surface area contributed by atoms with Crippen LogP contribution in [0.1, 0.15) is 18.5 Å². The van der Waals surface area contributed by atoms with Gasteiger partial charge in [-0.1, -0.05) is 0 Å². The molecular formula is C10H16ClN3S. The minimum Gasteiger partial charge on any atom is -0.313 e. The molecule has 0 amide bonds. The number of halogens is 1. The lowest BCUT2D eigenvalue weighted by atomic mass is 10.3. The Morgan fingerprint density at radius 1 is 1.47 bits per heavy atom. The van der Waals surface area contributed by atoms with E-state index < -0.39 is 0 Å². The third kappa shape index (κ3) is 3.97. The molecule has 0 radical (unpaired) electrons. The van der Waals surface area contributed by atoms with Crippen molar-refractivity contribution in [3.63, 3.8) is 0 Å². The molecule has 1 atom stereocenters. The number of hydrogen-bond donors (Lipinski definition) is 1. The van der Waals surface area contributed by atoms with Gasteiger partial charge in [-0.15, -0.1) is 29.3 Å². The zero-order valence-electron chi connectivity index (χ0n) is 8.77. The molecule has 15 heavy (non-hydrogen) atoms. The van der Waals surface area contributed by atoms with Crippen LogP contribution in [0.4, 0.5) is 0 Å². The van der Waals surface area contributed by atoms with Gasteiger partial charge in [-0.05, 0) is 38.4 Å². The summed E-state index contributed by atoms with van der Waals surface area (Å²) in [4.78, 5) is 0. The van der Waals surface area contributed by atoms with Gasteiger partial charge in [0.25, 0.3) is 0 Å². The van der Waals surface area contributed by atoms with Crippen LogP contribution in [-0.2, 0) is 0 Å². The van der Waals surface area contributed by atoms with Crippen molar-refractivity contribution < 1.29 is 0 Å². The number of nitrogens with one attached hydrogen (secondary N) is 1. The normalized spacial score (nSPS) is 19.9. The fourth-order valence-corrected chi connectivity index (χ4v) is 2.47. The summed E-state index contributed by atoms with van der Waals surface area (Å²) in [5.41, 5.74) is 0.980. The van der Waals surface area contributed by atoms with E-state index in [0.717, 1.165) is 16.5 Å². The van der Waals surface area contributed by atoms with E-state index in [1.54, 1.807) is 11.8 Å². The van der Waals surface area contributed by atoms with Gasteiger partial charge in [0.2, 0.25) is 0 Å². The third-order valence-corrected chi connectivity index (χ3v) is 3.45. The van der Waals surface area contributed by atoms with Crippen LogP contribution in [0.3, 0.4) is 0 Å². The summed E-state index contributed by atoms with van der Waals surface area (Å²) in [6.07, 6.45) is 2.61. The Morgan fingerprint density at radius 2 is 2.33 bits per heavy atom. The van der Waals surface area contributed by atoms with Gasteiger partial charge in [0.1, 0.15) is 5.03 Å². The highest BCUT2D eigenvalue weighted by Crippen LogP contribution is 2.18. The molecule has 1 N–H and O–H groups in total. The Balaban J connectivity index is 0.00000112. The van der Waals surface area contributed by atoms with Crippen molar-refractivity contribution in [2.45, 2.75) is 30.8 Å². The van der Waals surface area contributed by atoms with E-state index in [1.165, 1.54) is 19.4 Å². The minimum absolute atomic E-state index is 0. The maximum absolute atomic E-state index is 4.12. The average Bonchev–Trinajstić information content (AvgIpc) is 2.70. The van der Waals surface area contributed by atoms with Gasteiger partial charge in [-0.3, -0.25) is 0 Å². The Labute approximate surface area is 101 Å². The van der Waals surface area contributed by atoms with Gasteiger partial charge in [-0.2, -0.15) is 5.10 Å². The molecule has 5 heteroatoms. The molecule has 3 nitrogen and oxygen atoms in total. The van der Waals surface area contributed by atoms with E-state index in [1.807, 2.05) is 19.1 Å². The van der Waals surface area contributed by atoms with Crippen LogP contribution >= 0.6 is 24.2 Å². The topological polar surface area (TPSA) is 37.8 Å². The van der Waals surface area contributed by atoms with Gasteiger partial charge < -0.3 is 5.32 Å². The summed E-state index contributed by atoms with van der Waals surface area (Å²) >= 11 is 1.79. The van der Waals surface area contributed by atoms with Crippen LogP contribution in [-0.4, -0.2) is 28.5 Å². The Hall–Kier alpha value is -0.320. The van der Waals surface area contributed by atoms with Gasteiger partial charge in [0.15, 0.2) is 0 Å². The van der Waals surface area contributed by atoms with Gasteiger partial charge in [0, 0.05) is 11.8 Å². The first kappa shape index (κ1) is 12.7. The third-order valence-electron chi connectivity index (χ3n) is 2.37. The van der Waals surface area contributed by atoms with Crippen molar-refractivity contribution in [2.75, 3.05) is 12.3 Å². The molecule has 0 bridgehead atoms. The van der Waals surface area contributed by atoms with E-state index in [0.29, 0.717) is 6.04 Å². The van der Waals surface area contributed by atoms with Crippen LogP contribution in [0.25, 0.3) is 0 Å². The first-order chi connectivity index (χ1) is 6.84. The molecule has 0 saturated carbocycles. The fourth-order valence-electron chi connectivity index (χ4n) is 1.55. The second-order valence-corrected chi connectivity index (χ2v) is 4.66. The van der Waals surface area contributed by atoms with Crippen molar-refractivity contribution in [2.24, 2.45) is 0 Å². The van der Waals surface area contributed by atoms with Gasteiger partial charge >= 0.3 is 0 Å². The molecule has 84 valence electrons. The van der Waals surface area contributed by atoms with Crippen molar-refractivity contribution in [1.82, 2.24) is 15.5 Å². The standard InChI is InChI=1S/C10H15N3S.ClH/c1-8-4-5-10(13-12-8)14-7-9-3-2-6-11-9;/h4-5,9,11H,2-3,6-7H2,1H3;1H. The lowest BCUT2D eigenvalue weighted by Gasteiger charge is -2.07. The highest BCUT2D eigenvalue weighted by atomic mass is 35.5. The SMILES string of the molecule is Cc1ccc(SCC2CCCN2)nn1.Cl. The number of aryl methyl sites for hydroxylation is 1. The maximum atomic E-state index is 4.12. The number of nitrogens with zero attached hydrogens (tertiary/aromatic N) is 2. The molecular weight excluding hydrogens is 230 g/mol. The predicted octanol–water partition coefficient (Wildman–Crippen LogP) is 2.05. The van der Waals surface area contributed by atoms with E-state index in [-0.39, 0.29) is 12.4 Å². The molecule has 2 heterocycles. The molecule has 1 saturated heterocycles. The smallest absolute Gasteiger partial charge is 0.119 e. The van der Waals surface area contributed by atoms with Crippen molar-refractivity contribution in [3.05, 3.63) is 17.8 Å². The molecule has 2 rings (SSSR count). The molecule has 1 aromatic heterocycles. The summed E-state index contributed by atoms with van der Waals surface area (Å²) in [6, 6.07) is 4.72. The van der Waals surface area contributed by atoms with Crippen LogP contribution in [0, 0.1) is 6.92 Å². The monoisotopic (exact) mass is 245 g/mol. The summed E-state index contributed by atoms with van der Waals surface area (Å²) in [5.74, 6) is 1.11. The predicted molar refractivity (Wildman–Crippen MR) is 65.8 cm³/mol. The summed E-state index contributed by atoms with van der Waals surface area (Å²) in [7, 11) is 0. The Kier molecular flexibility index (Phi) is 5.36. The van der Waals surface area contributed by atoms with Crippen molar-refractivity contribution >= 4 is 24.2 Å². The average molecular weight is 246 g/mol. The summed E-state index contributed by atoms with van der Waals surface area (Å²) in [5, 5.41) is 12.7. The van der Waals surface area contributed by atoms with Crippen LogP contribution in [0.15, 0.2) is 17.2 Å². The van der Waals surface area contributed by atoms with Gasteiger partial charge in [0.05, 0.1) is 5.69 Å². The quantitative estimate of drug-likeness (QED) is 0.828. The number of rotatable bonds is 3. The lowest BCUT2D eigenvalue weighted by Crippen LogP contribution is -2.23. The maximum Gasteiger partial charge on any atom is 0.119 e. The Bertz CT molecular complexity index is 285. The van der Waals surface area contributed by atoms with Gasteiger partial charge in [-0.25, -0.2) is 0 Å². The molecule has 1 aromatic rings. The number of thioether (sulfide) groups is 1. The fraction of sp³-hybridized carbons (Fsp3) is 0.600. The zero-order valence-corrected chi connectivity index (χ0v) is 10.4. The molecule has 1 aliphatic rings. The Morgan fingerprint density at radius 3 is 2.93 bits per heavy atom. The van der Waals surface area contributed by atoms with E-state index >= 15 is 0 Å². The van der Waals surface area contributed by atoms with E-state index in [2.05, 4.69) is 15.5 Å². The lowest BCUT2D eigenvalue weighted by molar-refractivity contribution is 0.673. The zero-order chi connectivity index (χ0) is 9.80. The molecule has 0 aromatic carbocycles. The van der Waals surface area contributed by atoms with Crippen LogP contribution < -0.4 is 5.32 Å². The molecule has 1 unspecified atom stereocenters. The molecule has 0 spiro atoms. The van der Waals surface area contributed by atoms with Crippen molar-refractivity contribution in [1.29, 1.82) is 0 Å². The number of aromatic nitrogens is 2. The summed E-state index contributed by atoms with van der Waals surface area (Å²) < 4.78 is 0.